The quantitative estimate of drug-likeness (QED) is 0.883. The van der Waals surface area contributed by atoms with Crippen molar-refractivity contribution in [3.63, 3.8) is 0 Å². The second kappa shape index (κ2) is 5.34. The normalized spacial score (nSPS) is 10.2. The third kappa shape index (κ3) is 2.65. The van der Waals surface area contributed by atoms with Crippen molar-refractivity contribution in [2.45, 2.75) is 34.6 Å². The van der Waals surface area contributed by atoms with E-state index in [0.717, 1.165) is 28.1 Å². The van der Waals surface area contributed by atoms with Crippen molar-refractivity contribution in [2.75, 3.05) is 5.32 Å². The summed E-state index contributed by atoms with van der Waals surface area (Å²) in [7, 11) is 0. The van der Waals surface area contributed by atoms with Crippen molar-refractivity contribution < 1.29 is 0 Å². The van der Waals surface area contributed by atoms with Gasteiger partial charge in [0.25, 0.3) is 0 Å². The Bertz CT molecular complexity index is 686. The van der Waals surface area contributed by atoms with Crippen LogP contribution in [0.4, 0.5) is 11.5 Å². The van der Waals surface area contributed by atoms with Crippen LogP contribution in [-0.4, -0.2) is 4.98 Å². The van der Waals surface area contributed by atoms with E-state index < -0.39 is 0 Å². The maximum atomic E-state index is 9.32. The topological polar surface area (TPSA) is 48.7 Å². The summed E-state index contributed by atoms with van der Waals surface area (Å²) in [5.74, 6) is 0.639. The van der Waals surface area contributed by atoms with Crippen molar-refractivity contribution in [1.29, 1.82) is 5.26 Å². The number of nitriles is 1. The van der Waals surface area contributed by atoms with Gasteiger partial charge in [0.1, 0.15) is 11.9 Å². The van der Waals surface area contributed by atoms with Crippen molar-refractivity contribution in [1.82, 2.24) is 4.98 Å². The molecule has 1 aromatic heterocycles. The molecule has 2 aromatic rings. The summed E-state index contributed by atoms with van der Waals surface area (Å²) in [6.45, 7) is 10.1. The molecule has 0 bridgehead atoms. The van der Waals surface area contributed by atoms with Crippen molar-refractivity contribution in [3.05, 3.63) is 51.7 Å². The van der Waals surface area contributed by atoms with Gasteiger partial charge in [0.2, 0.25) is 0 Å². The molecule has 0 fully saturated rings. The number of nitrogens with one attached hydrogen (secondary N) is 1. The predicted octanol–water partition coefficient (Wildman–Crippen LogP) is 4.24. The van der Waals surface area contributed by atoms with Crippen LogP contribution in [0.15, 0.2) is 18.2 Å². The van der Waals surface area contributed by atoms with E-state index >= 15 is 0 Å². The van der Waals surface area contributed by atoms with E-state index in [2.05, 4.69) is 49.3 Å². The van der Waals surface area contributed by atoms with Crippen LogP contribution >= 0.6 is 0 Å². The second-order valence-electron chi connectivity index (χ2n) is 5.31. The molecule has 1 N–H and O–H groups in total. The average molecular weight is 265 g/mol. The fourth-order valence-corrected chi connectivity index (χ4v) is 2.56. The lowest BCUT2D eigenvalue weighted by Crippen LogP contribution is -2.03. The lowest BCUT2D eigenvalue weighted by molar-refractivity contribution is 1.15. The zero-order valence-electron chi connectivity index (χ0n) is 12.6. The first-order valence-corrected chi connectivity index (χ1v) is 6.65. The molecule has 2 rings (SSSR count). The highest BCUT2D eigenvalue weighted by molar-refractivity contribution is 5.70. The molecule has 0 spiro atoms. The highest BCUT2D eigenvalue weighted by Gasteiger charge is 2.11. The van der Waals surface area contributed by atoms with Gasteiger partial charge < -0.3 is 5.32 Å². The minimum absolute atomic E-state index is 0.606. The van der Waals surface area contributed by atoms with E-state index in [4.69, 9.17) is 0 Å². The van der Waals surface area contributed by atoms with Crippen LogP contribution < -0.4 is 5.32 Å². The Morgan fingerprint density at radius 3 is 2.10 bits per heavy atom. The van der Waals surface area contributed by atoms with E-state index in [1.165, 1.54) is 5.56 Å². The Kier molecular flexibility index (Phi) is 3.76. The number of hydrogen-bond donors (Lipinski definition) is 1. The molecule has 0 amide bonds. The van der Waals surface area contributed by atoms with Gasteiger partial charge in [0, 0.05) is 11.4 Å². The van der Waals surface area contributed by atoms with Crippen LogP contribution in [0.25, 0.3) is 0 Å². The minimum atomic E-state index is 0.606. The van der Waals surface area contributed by atoms with E-state index in [9.17, 15) is 5.26 Å². The first kappa shape index (κ1) is 14.1. The smallest absolute Gasteiger partial charge is 0.148 e. The first-order chi connectivity index (χ1) is 9.42. The predicted molar refractivity (Wildman–Crippen MR) is 82.4 cm³/mol. The molecular formula is C17H19N3. The number of aryl methyl sites for hydroxylation is 5. The van der Waals surface area contributed by atoms with E-state index in [0.29, 0.717) is 11.4 Å². The number of benzene rings is 1. The van der Waals surface area contributed by atoms with Crippen LogP contribution in [0.3, 0.4) is 0 Å². The van der Waals surface area contributed by atoms with Crippen molar-refractivity contribution in [2.24, 2.45) is 0 Å². The van der Waals surface area contributed by atoms with E-state index in [1.807, 2.05) is 19.9 Å². The third-order valence-corrected chi connectivity index (χ3v) is 3.38. The number of aromatic nitrogens is 1. The summed E-state index contributed by atoms with van der Waals surface area (Å²) < 4.78 is 0. The van der Waals surface area contributed by atoms with Gasteiger partial charge in [-0.25, -0.2) is 4.98 Å². The third-order valence-electron chi connectivity index (χ3n) is 3.38. The van der Waals surface area contributed by atoms with Gasteiger partial charge in [0.15, 0.2) is 0 Å². The van der Waals surface area contributed by atoms with E-state index in [-0.39, 0.29) is 0 Å². The van der Waals surface area contributed by atoms with Crippen LogP contribution in [0, 0.1) is 45.9 Å². The lowest BCUT2D eigenvalue weighted by Gasteiger charge is -2.15. The van der Waals surface area contributed by atoms with Crippen LogP contribution in [0.5, 0.6) is 0 Å². The van der Waals surface area contributed by atoms with Crippen molar-refractivity contribution >= 4 is 11.5 Å². The van der Waals surface area contributed by atoms with Crippen LogP contribution in [-0.2, 0) is 0 Å². The first-order valence-electron chi connectivity index (χ1n) is 6.65. The summed E-state index contributed by atoms with van der Waals surface area (Å²) in [6, 6.07) is 8.42. The van der Waals surface area contributed by atoms with Gasteiger partial charge in [0.05, 0.1) is 5.56 Å². The Hall–Kier alpha value is -2.34. The fraction of sp³-hybridized carbons (Fsp3) is 0.294. The second-order valence-corrected chi connectivity index (χ2v) is 5.31. The van der Waals surface area contributed by atoms with Crippen molar-refractivity contribution in [3.8, 4) is 6.07 Å². The number of anilines is 2. The maximum Gasteiger partial charge on any atom is 0.148 e. The monoisotopic (exact) mass is 265 g/mol. The molecule has 1 aromatic carbocycles. The number of pyridine rings is 1. The van der Waals surface area contributed by atoms with Gasteiger partial charge in [-0.1, -0.05) is 17.7 Å². The standard InChI is InChI=1S/C17H19N3/c1-10-6-12(3)16(13(4)7-10)20-17-15(9-18)11(2)8-14(5)19-17/h6-8H,1-5H3,(H,19,20). The molecule has 0 aliphatic carbocycles. The molecule has 0 unspecified atom stereocenters. The molecule has 0 radical (unpaired) electrons. The van der Waals surface area contributed by atoms with Crippen LogP contribution in [0.2, 0.25) is 0 Å². The Morgan fingerprint density at radius 2 is 1.55 bits per heavy atom. The van der Waals surface area contributed by atoms with E-state index in [1.54, 1.807) is 0 Å². The number of nitrogens with zero attached hydrogens (tertiary/aromatic N) is 2. The van der Waals surface area contributed by atoms with Gasteiger partial charge >= 0.3 is 0 Å². The summed E-state index contributed by atoms with van der Waals surface area (Å²) in [5, 5.41) is 12.7. The Morgan fingerprint density at radius 1 is 0.950 bits per heavy atom. The summed E-state index contributed by atoms with van der Waals surface area (Å²) in [6.07, 6.45) is 0. The summed E-state index contributed by atoms with van der Waals surface area (Å²) >= 11 is 0. The SMILES string of the molecule is Cc1cc(C)c(Nc2nc(C)cc(C)c2C#N)c(C)c1. The zero-order valence-corrected chi connectivity index (χ0v) is 12.6. The molecule has 3 heteroatoms. The Labute approximate surface area is 120 Å². The minimum Gasteiger partial charge on any atom is -0.339 e. The van der Waals surface area contributed by atoms with Crippen LogP contribution in [0.1, 0.15) is 33.5 Å². The zero-order chi connectivity index (χ0) is 14.9. The lowest BCUT2D eigenvalue weighted by atomic mass is 10.0. The van der Waals surface area contributed by atoms with Gasteiger partial charge in [-0.15, -0.1) is 0 Å². The molecule has 1 heterocycles. The number of rotatable bonds is 2. The van der Waals surface area contributed by atoms with Gasteiger partial charge in [-0.2, -0.15) is 5.26 Å². The summed E-state index contributed by atoms with van der Waals surface area (Å²) in [5.41, 5.74) is 7.05. The molecule has 0 aliphatic heterocycles. The molecule has 0 aliphatic rings. The molecule has 0 atom stereocenters. The molecule has 0 saturated carbocycles. The molecule has 20 heavy (non-hydrogen) atoms. The highest BCUT2D eigenvalue weighted by Crippen LogP contribution is 2.27. The maximum absolute atomic E-state index is 9.32. The molecule has 102 valence electrons. The molecular weight excluding hydrogens is 246 g/mol. The fourth-order valence-electron chi connectivity index (χ4n) is 2.56. The highest BCUT2D eigenvalue weighted by atomic mass is 15.0. The summed E-state index contributed by atoms with van der Waals surface area (Å²) in [4.78, 5) is 4.47. The average Bonchev–Trinajstić information content (AvgIpc) is 2.33. The largest absolute Gasteiger partial charge is 0.339 e. The van der Waals surface area contributed by atoms with Gasteiger partial charge in [-0.05, 0) is 57.4 Å². The number of hydrogen-bond acceptors (Lipinski definition) is 3. The molecule has 0 saturated heterocycles. The van der Waals surface area contributed by atoms with Gasteiger partial charge in [-0.3, -0.25) is 0 Å². The molecule has 3 nitrogen and oxygen atoms in total. The Balaban J connectivity index is 2.54.